The van der Waals surface area contributed by atoms with Crippen LogP contribution in [0.5, 0.6) is 0 Å². The second-order valence-corrected chi connectivity index (χ2v) is 8.66. The van der Waals surface area contributed by atoms with Crippen molar-refractivity contribution in [3.05, 3.63) is 99.0 Å². The molecule has 0 radical (unpaired) electrons. The van der Waals surface area contributed by atoms with Gasteiger partial charge < -0.3 is 14.5 Å². The number of esters is 1. The van der Waals surface area contributed by atoms with Gasteiger partial charge in [-0.2, -0.15) is 0 Å². The monoisotopic (exact) mass is 491 g/mol. The minimum absolute atomic E-state index is 0.0392. The number of aromatic nitrogens is 2. The Hall–Kier alpha value is -4.31. The summed E-state index contributed by atoms with van der Waals surface area (Å²) in [6.45, 7) is -0.977. The average molecular weight is 492 g/mol. The van der Waals surface area contributed by atoms with Crippen molar-refractivity contribution in [2.45, 2.75) is 12.6 Å². The minimum atomic E-state index is -0.783. The quantitative estimate of drug-likeness (QED) is 0.348. The van der Waals surface area contributed by atoms with Crippen LogP contribution in [0.25, 0.3) is 22.1 Å². The Morgan fingerprint density at radius 3 is 2.69 bits per heavy atom. The zero-order chi connectivity index (χ0) is 24.4. The van der Waals surface area contributed by atoms with Crippen LogP contribution in [-0.4, -0.2) is 28.0 Å². The van der Waals surface area contributed by atoms with Gasteiger partial charge >= 0.3 is 5.97 Å². The first-order valence-electron chi connectivity index (χ1n) is 10.6. The normalized spacial score (nSPS) is 12.0. The maximum Gasteiger partial charge on any atom is 0.326 e. The van der Waals surface area contributed by atoms with Gasteiger partial charge in [-0.15, -0.1) is 11.3 Å². The molecule has 0 saturated carbocycles. The number of carbonyl (C=O) groups excluding carboxylic acids is 2. The number of para-hydroxylation sites is 1. The standard InChI is InChI=1S/C25H18FN3O5S/c26-16-9-7-15(8-10-16)22(19-6-3-11-35-19)28-20(30)13-33-21(31)12-29-14-27-23-17-4-1-2-5-18(17)34-24(23)25(29)32/h1-11,14,22H,12-13H2,(H,28,30). The van der Waals surface area contributed by atoms with Crippen molar-refractivity contribution in [3.63, 3.8) is 0 Å². The molecule has 2 aromatic carbocycles. The van der Waals surface area contributed by atoms with E-state index in [1.807, 2.05) is 23.6 Å². The van der Waals surface area contributed by atoms with Crippen LogP contribution in [0.2, 0.25) is 0 Å². The number of amides is 1. The van der Waals surface area contributed by atoms with E-state index in [0.29, 0.717) is 22.0 Å². The maximum atomic E-state index is 13.3. The Bertz CT molecular complexity index is 1570. The molecule has 1 amide bonds. The van der Waals surface area contributed by atoms with Gasteiger partial charge in [0.05, 0.1) is 12.4 Å². The van der Waals surface area contributed by atoms with E-state index in [1.54, 1.807) is 30.3 Å². The van der Waals surface area contributed by atoms with E-state index in [4.69, 9.17) is 9.15 Å². The van der Waals surface area contributed by atoms with E-state index in [-0.39, 0.29) is 11.4 Å². The first-order chi connectivity index (χ1) is 17.0. The highest BCUT2D eigenvalue weighted by atomic mass is 32.1. The summed E-state index contributed by atoms with van der Waals surface area (Å²) in [7, 11) is 0. The molecular weight excluding hydrogens is 473 g/mol. The molecule has 35 heavy (non-hydrogen) atoms. The van der Waals surface area contributed by atoms with Crippen LogP contribution >= 0.6 is 11.3 Å². The Morgan fingerprint density at radius 1 is 1.11 bits per heavy atom. The minimum Gasteiger partial charge on any atom is -0.454 e. The molecule has 176 valence electrons. The van der Waals surface area contributed by atoms with Gasteiger partial charge in [0, 0.05) is 10.3 Å². The molecule has 0 saturated heterocycles. The number of hydrogen-bond donors (Lipinski definition) is 1. The van der Waals surface area contributed by atoms with Gasteiger partial charge in [-0.05, 0) is 41.3 Å². The fraction of sp³-hybridized carbons (Fsp3) is 0.120. The van der Waals surface area contributed by atoms with Crippen molar-refractivity contribution in [2.75, 3.05) is 6.61 Å². The van der Waals surface area contributed by atoms with Gasteiger partial charge in [0.1, 0.15) is 23.5 Å². The molecule has 1 N–H and O–H groups in total. The topological polar surface area (TPSA) is 103 Å². The largest absolute Gasteiger partial charge is 0.454 e. The van der Waals surface area contributed by atoms with Crippen LogP contribution < -0.4 is 10.9 Å². The molecule has 3 heterocycles. The zero-order valence-electron chi connectivity index (χ0n) is 18.1. The summed E-state index contributed by atoms with van der Waals surface area (Å²) in [5.41, 5.74) is 1.13. The smallest absolute Gasteiger partial charge is 0.326 e. The molecule has 8 nitrogen and oxygen atoms in total. The van der Waals surface area contributed by atoms with Crippen molar-refractivity contribution in [1.82, 2.24) is 14.9 Å². The van der Waals surface area contributed by atoms with Crippen molar-refractivity contribution in [2.24, 2.45) is 0 Å². The third-order valence-electron chi connectivity index (χ3n) is 5.35. The molecule has 1 atom stereocenters. The highest BCUT2D eigenvalue weighted by molar-refractivity contribution is 7.10. The van der Waals surface area contributed by atoms with Crippen molar-refractivity contribution < 1.29 is 23.1 Å². The SMILES string of the molecule is O=C(COC(=O)Cn1cnc2c(oc3ccccc32)c1=O)NC(c1ccc(F)cc1)c1cccs1. The Morgan fingerprint density at radius 2 is 1.91 bits per heavy atom. The van der Waals surface area contributed by atoms with Crippen LogP contribution in [0, 0.1) is 5.82 Å². The molecule has 3 aromatic heterocycles. The van der Waals surface area contributed by atoms with Crippen LogP contribution in [0.1, 0.15) is 16.5 Å². The van der Waals surface area contributed by atoms with E-state index in [2.05, 4.69) is 10.3 Å². The molecule has 5 aromatic rings. The summed E-state index contributed by atoms with van der Waals surface area (Å²) < 4.78 is 25.1. The number of carbonyl (C=O) groups is 2. The summed E-state index contributed by atoms with van der Waals surface area (Å²) in [6, 6.07) is 16.1. The molecule has 5 rings (SSSR count). The van der Waals surface area contributed by atoms with E-state index in [0.717, 1.165) is 9.44 Å². The second-order valence-electron chi connectivity index (χ2n) is 7.68. The molecule has 0 fully saturated rings. The molecule has 0 spiro atoms. The molecule has 1 unspecified atom stereocenters. The Labute approximate surface area is 201 Å². The van der Waals surface area contributed by atoms with Crippen molar-refractivity contribution >= 4 is 45.3 Å². The van der Waals surface area contributed by atoms with Crippen molar-refractivity contribution in [1.29, 1.82) is 0 Å². The predicted octanol–water partition coefficient (Wildman–Crippen LogP) is 3.79. The third kappa shape index (κ3) is 4.69. The lowest BCUT2D eigenvalue weighted by atomic mass is 10.1. The molecule has 0 aliphatic heterocycles. The number of hydrogen-bond acceptors (Lipinski definition) is 7. The lowest BCUT2D eigenvalue weighted by molar-refractivity contribution is -0.149. The summed E-state index contributed by atoms with van der Waals surface area (Å²) in [5, 5.41) is 5.37. The van der Waals surface area contributed by atoms with Gasteiger partial charge in [-0.25, -0.2) is 9.37 Å². The zero-order valence-corrected chi connectivity index (χ0v) is 19.0. The van der Waals surface area contributed by atoms with Crippen LogP contribution in [0.4, 0.5) is 4.39 Å². The maximum absolute atomic E-state index is 13.3. The van der Waals surface area contributed by atoms with E-state index < -0.39 is 36.6 Å². The number of thiophene rings is 1. The highest BCUT2D eigenvalue weighted by Gasteiger charge is 2.20. The Kier molecular flexibility index (Phi) is 6.11. The highest BCUT2D eigenvalue weighted by Crippen LogP contribution is 2.26. The third-order valence-corrected chi connectivity index (χ3v) is 6.29. The molecule has 0 bridgehead atoms. The number of fused-ring (bicyclic) bond motifs is 3. The number of ether oxygens (including phenoxy) is 1. The van der Waals surface area contributed by atoms with Gasteiger partial charge in [-0.3, -0.25) is 19.0 Å². The van der Waals surface area contributed by atoms with Crippen molar-refractivity contribution in [3.8, 4) is 0 Å². The van der Waals surface area contributed by atoms with Gasteiger partial charge in [-0.1, -0.05) is 30.3 Å². The molecular formula is C25H18FN3O5S. The lowest BCUT2D eigenvalue weighted by Crippen LogP contribution is -2.33. The van der Waals surface area contributed by atoms with E-state index >= 15 is 0 Å². The molecule has 0 aliphatic carbocycles. The van der Waals surface area contributed by atoms with Crippen LogP contribution in [0.3, 0.4) is 0 Å². The average Bonchev–Trinajstić information content (AvgIpc) is 3.52. The number of halogens is 1. The number of furan rings is 1. The summed E-state index contributed by atoms with van der Waals surface area (Å²) >= 11 is 1.43. The van der Waals surface area contributed by atoms with Crippen LogP contribution in [0.15, 0.2) is 81.6 Å². The number of nitrogens with zero attached hydrogens (tertiary/aromatic N) is 2. The van der Waals surface area contributed by atoms with Gasteiger partial charge in [0.2, 0.25) is 5.58 Å². The van der Waals surface area contributed by atoms with E-state index in [9.17, 15) is 18.8 Å². The number of rotatable bonds is 7. The van der Waals surface area contributed by atoms with Gasteiger partial charge in [0.15, 0.2) is 6.61 Å². The first kappa shape index (κ1) is 22.5. The second kappa shape index (κ2) is 9.51. The summed E-state index contributed by atoms with van der Waals surface area (Å²) in [6.07, 6.45) is 1.25. The number of benzene rings is 2. The Balaban J connectivity index is 1.25. The number of nitrogens with one attached hydrogen (secondary N) is 1. The van der Waals surface area contributed by atoms with Gasteiger partial charge in [0.25, 0.3) is 11.5 Å². The molecule has 0 aliphatic rings. The summed E-state index contributed by atoms with van der Waals surface area (Å²) in [5.74, 6) is -1.71. The summed E-state index contributed by atoms with van der Waals surface area (Å²) in [4.78, 5) is 42.7. The lowest BCUT2D eigenvalue weighted by Gasteiger charge is -2.18. The first-order valence-corrected chi connectivity index (χ1v) is 11.5. The van der Waals surface area contributed by atoms with Crippen LogP contribution in [-0.2, 0) is 20.9 Å². The molecule has 10 heteroatoms. The fourth-order valence-electron chi connectivity index (χ4n) is 3.69. The fourth-order valence-corrected chi connectivity index (χ4v) is 4.49. The predicted molar refractivity (Wildman–Crippen MR) is 127 cm³/mol. The van der Waals surface area contributed by atoms with E-state index in [1.165, 1.54) is 29.8 Å².